The maximum absolute atomic E-state index is 13.1. The second-order valence-corrected chi connectivity index (χ2v) is 4.45. The van der Waals surface area contributed by atoms with E-state index in [0.29, 0.717) is 11.3 Å². The normalized spacial score (nSPS) is 10.2. The van der Waals surface area contributed by atoms with Crippen LogP contribution in [0.15, 0.2) is 36.4 Å². The summed E-state index contributed by atoms with van der Waals surface area (Å²) < 4.78 is 13.1. The van der Waals surface area contributed by atoms with Crippen LogP contribution in [0.25, 0.3) is 0 Å². The van der Waals surface area contributed by atoms with E-state index in [9.17, 15) is 19.3 Å². The zero-order valence-electron chi connectivity index (χ0n) is 11.1. The van der Waals surface area contributed by atoms with E-state index >= 15 is 0 Å². The predicted molar refractivity (Wildman–Crippen MR) is 76.6 cm³/mol. The number of hydrogen-bond acceptors (Lipinski definition) is 4. The first-order valence-electron chi connectivity index (χ1n) is 6.00. The van der Waals surface area contributed by atoms with Gasteiger partial charge in [-0.05, 0) is 30.7 Å². The smallest absolute Gasteiger partial charge is 0.270 e. The molecule has 21 heavy (non-hydrogen) atoms. The molecule has 0 aliphatic rings. The van der Waals surface area contributed by atoms with Crippen molar-refractivity contribution in [2.75, 3.05) is 11.1 Å². The molecule has 1 amide bonds. The number of carbonyl (C=O) groups is 1. The van der Waals surface area contributed by atoms with E-state index in [0.717, 1.165) is 6.07 Å². The van der Waals surface area contributed by atoms with Gasteiger partial charge in [0.1, 0.15) is 5.82 Å². The van der Waals surface area contributed by atoms with Crippen molar-refractivity contribution in [3.05, 3.63) is 63.5 Å². The standard InChI is InChI=1S/C14H12FN3O3/c1-8-2-4-10(18(20)21)7-11(8)14(19)17-9-3-5-12(15)13(16)6-9/h2-7H,16H2,1H3,(H,17,19). The molecule has 3 N–H and O–H groups in total. The lowest BCUT2D eigenvalue weighted by atomic mass is 10.1. The lowest BCUT2D eigenvalue weighted by Gasteiger charge is -2.08. The lowest BCUT2D eigenvalue weighted by Crippen LogP contribution is -2.14. The van der Waals surface area contributed by atoms with Crippen LogP contribution in [0.4, 0.5) is 21.5 Å². The van der Waals surface area contributed by atoms with E-state index < -0.39 is 16.6 Å². The van der Waals surface area contributed by atoms with Crippen molar-refractivity contribution < 1.29 is 14.1 Å². The molecule has 108 valence electrons. The van der Waals surface area contributed by atoms with Crippen molar-refractivity contribution in [2.45, 2.75) is 6.92 Å². The maximum Gasteiger partial charge on any atom is 0.270 e. The van der Waals surface area contributed by atoms with Crippen molar-refractivity contribution in [2.24, 2.45) is 0 Å². The number of amides is 1. The molecule has 7 heteroatoms. The Labute approximate surface area is 119 Å². The Bertz CT molecular complexity index is 731. The van der Waals surface area contributed by atoms with Crippen molar-refractivity contribution in [1.82, 2.24) is 0 Å². The largest absolute Gasteiger partial charge is 0.396 e. The molecule has 0 bridgehead atoms. The molecule has 2 rings (SSSR count). The molecule has 2 aromatic carbocycles. The highest BCUT2D eigenvalue weighted by Crippen LogP contribution is 2.20. The topological polar surface area (TPSA) is 98.3 Å². The van der Waals surface area contributed by atoms with Crippen LogP contribution in [-0.4, -0.2) is 10.8 Å². The van der Waals surface area contributed by atoms with E-state index in [-0.39, 0.29) is 16.9 Å². The van der Waals surface area contributed by atoms with Crippen LogP contribution in [0.5, 0.6) is 0 Å². The fourth-order valence-electron chi connectivity index (χ4n) is 1.79. The number of halogens is 1. The average Bonchev–Trinajstić information content (AvgIpc) is 2.43. The number of benzene rings is 2. The number of nitrogen functional groups attached to an aromatic ring is 1. The van der Waals surface area contributed by atoms with Crippen LogP contribution in [0.1, 0.15) is 15.9 Å². The van der Waals surface area contributed by atoms with Gasteiger partial charge in [-0.1, -0.05) is 6.07 Å². The number of rotatable bonds is 3. The summed E-state index contributed by atoms with van der Waals surface area (Å²) in [7, 11) is 0. The number of carbonyl (C=O) groups excluding carboxylic acids is 1. The number of hydrogen-bond donors (Lipinski definition) is 2. The van der Waals surface area contributed by atoms with Crippen LogP contribution < -0.4 is 11.1 Å². The van der Waals surface area contributed by atoms with Gasteiger partial charge in [0.25, 0.3) is 11.6 Å². The third kappa shape index (κ3) is 3.14. The molecule has 0 saturated carbocycles. The minimum atomic E-state index is -0.584. The third-order valence-electron chi connectivity index (χ3n) is 2.93. The van der Waals surface area contributed by atoms with Gasteiger partial charge in [-0.3, -0.25) is 14.9 Å². The number of nitrogens with two attached hydrogens (primary N) is 1. The van der Waals surface area contributed by atoms with Crippen LogP contribution in [0.2, 0.25) is 0 Å². The molecule has 0 heterocycles. The highest BCUT2D eigenvalue weighted by molar-refractivity contribution is 6.05. The van der Waals surface area contributed by atoms with E-state index in [1.54, 1.807) is 6.92 Å². The molecule has 0 unspecified atom stereocenters. The lowest BCUT2D eigenvalue weighted by molar-refractivity contribution is -0.384. The van der Waals surface area contributed by atoms with Crippen molar-refractivity contribution in [3.8, 4) is 0 Å². The van der Waals surface area contributed by atoms with E-state index in [1.807, 2.05) is 0 Å². The Morgan fingerprint density at radius 1 is 1.29 bits per heavy atom. The zero-order chi connectivity index (χ0) is 15.6. The van der Waals surface area contributed by atoms with Gasteiger partial charge in [-0.15, -0.1) is 0 Å². The average molecular weight is 289 g/mol. The molecule has 0 aliphatic heterocycles. The van der Waals surface area contributed by atoms with Gasteiger partial charge in [0.15, 0.2) is 0 Å². The van der Waals surface area contributed by atoms with Crippen molar-refractivity contribution >= 4 is 23.0 Å². The minimum Gasteiger partial charge on any atom is -0.396 e. The first-order chi connectivity index (χ1) is 9.88. The Balaban J connectivity index is 2.29. The molecule has 6 nitrogen and oxygen atoms in total. The molecule has 0 saturated heterocycles. The first kappa shape index (κ1) is 14.4. The van der Waals surface area contributed by atoms with E-state index in [2.05, 4.69) is 5.32 Å². The third-order valence-corrected chi connectivity index (χ3v) is 2.93. The van der Waals surface area contributed by atoms with Gasteiger partial charge >= 0.3 is 0 Å². The zero-order valence-corrected chi connectivity index (χ0v) is 11.1. The fraction of sp³-hybridized carbons (Fsp3) is 0.0714. The summed E-state index contributed by atoms with van der Waals surface area (Å²) in [6, 6.07) is 7.77. The summed E-state index contributed by atoms with van der Waals surface area (Å²) in [5, 5.41) is 13.3. The highest BCUT2D eigenvalue weighted by Gasteiger charge is 2.15. The van der Waals surface area contributed by atoms with Gasteiger partial charge in [0.2, 0.25) is 0 Å². The summed E-state index contributed by atoms with van der Waals surface area (Å²) in [6.45, 7) is 1.66. The van der Waals surface area contributed by atoms with E-state index in [4.69, 9.17) is 5.73 Å². The molecule has 0 fully saturated rings. The molecular formula is C14H12FN3O3. The minimum absolute atomic E-state index is 0.0939. The highest BCUT2D eigenvalue weighted by atomic mass is 19.1. The molecule has 2 aromatic rings. The second-order valence-electron chi connectivity index (χ2n) is 4.45. The number of anilines is 2. The Hall–Kier alpha value is -2.96. The number of aryl methyl sites for hydroxylation is 1. The summed E-state index contributed by atoms with van der Waals surface area (Å²) in [4.78, 5) is 22.3. The Kier molecular flexibility index (Phi) is 3.84. The van der Waals surface area contributed by atoms with Gasteiger partial charge in [-0.25, -0.2) is 4.39 Å². The number of non-ortho nitro benzene ring substituents is 1. The summed E-state index contributed by atoms with van der Waals surface area (Å²) in [6.07, 6.45) is 0. The van der Waals surface area contributed by atoms with Gasteiger partial charge in [0.05, 0.1) is 10.6 Å². The number of nitrogens with one attached hydrogen (secondary N) is 1. The van der Waals surface area contributed by atoms with Crippen LogP contribution >= 0.6 is 0 Å². The molecule has 0 aromatic heterocycles. The summed E-state index contributed by atoms with van der Waals surface area (Å²) >= 11 is 0. The predicted octanol–water partition coefficient (Wildman–Crippen LogP) is 2.88. The number of nitro benzene ring substituents is 1. The monoisotopic (exact) mass is 289 g/mol. The molecule has 0 radical (unpaired) electrons. The van der Waals surface area contributed by atoms with Crippen molar-refractivity contribution in [1.29, 1.82) is 0 Å². The van der Waals surface area contributed by atoms with Gasteiger partial charge < -0.3 is 11.1 Å². The summed E-state index contributed by atoms with van der Waals surface area (Å²) in [5.41, 5.74) is 6.22. The first-order valence-corrected chi connectivity index (χ1v) is 6.00. The number of nitro groups is 1. The molecule has 0 aliphatic carbocycles. The fourth-order valence-corrected chi connectivity index (χ4v) is 1.79. The number of nitrogens with zero attached hydrogens (tertiary/aromatic N) is 1. The van der Waals surface area contributed by atoms with Gasteiger partial charge in [0, 0.05) is 23.4 Å². The van der Waals surface area contributed by atoms with Gasteiger partial charge in [-0.2, -0.15) is 0 Å². The second kappa shape index (κ2) is 5.58. The Morgan fingerprint density at radius 3 is 2.62 bits per heavy atom. The maximum atomic E-state index is 13.1. The SMILES string of the molecule is Cc1ccc([N+](=O)[O-])cc1C(=O)Nc1ccc(F)c(N)c1. The van der Waals surface area contributed by atoms with Crippen molar-refractivity contribution in [3.63, 3.8) is 0 Å². The molecular weight excluding hydrogens is 277 g/mol. The quantitative estimate of drug-likeness (QED) is 0.515. The van der Waals surface area contributed by atoms with Crippen LogP contribution in [0.3, 0.4) is 0 Å². The van der Waals surface area contributed by atoms with Crippen LogP contribution in [0, 0.1) is 22.9 Å². The van der Waals surface area contributed by atoms with Crippen LogP contribution in [-0.2, 0) is 0 Å². The summed E-state index contributed by atoms with van der Waals surface area (Å²) in [5.74, 6) is -1.11. The molecule has 0 atom stereocenters. The van der Waals surface area contributed by atoms with E-state index in [1.165, 1.54) is 30.3 Å². The Morgan fingerprint density at radius 2 is 2.00 bits per heavy atom. The molecule has 0 spiro atoms.